The van der Waals surface area contributed by atoms with E-state index in [4.69, 9.17) is 23.6 Å². The lowest BCUT2D eigenvalue weighted by Gasteiger charge is -2.45. The molecule has 3 aliphatic rings. The normalized spacial score (nSPS) is 22.8. The van der Waals surface area contributed by atoms with Gasteiger partial charge in [0.1, 0.15) is 0 Å². The van der Waals surface area contributed by atoms with E-state index < -0.39 is 8.32 Å². The highest BCUT2D eigenvalue weighted by atomic mass is 28.4. The smallest absolute Gasteiger partial charge is 0.340 e. The Morgan fingerprint density at radius 1 is 1.16 bits per heavy atom. The third-order valence-corrected chi connectivity index (χ3v) is 13.1. The second-order valence-electron chi connectivity index (χ2n) is 13.2. The minimum Gasteiger partial charge on any atom is -0.462 e. The van der Waals surface area contributed by atoms with Crippen LogP contribution in [-0.4, -0.2) is 52.3 Å². The van der Waals surface area contributed by atoms with Crippen molar-refractivity contribution >= 4 is 19.9 Å². The minimum absolute atomic E-state index is 0.0484. The quantitative estimate of drug-likeness (QED) is 0.292. The van der Waals surface area contributed by atoms with Crippen molar-refractivity contribution in [1.29, 1.82) is 0 Å². The summed E-state index contributed by atoms with van der Waals surface area (Å²) in [5.74, 6) is -0.0833. The van der Waals surface area contributed by atoms with Gasteiger partial charge in [0.15, 0.2) is 8.32 Å². The van der Waals surface area contributed by atoms with Crippen molar-refractivity contribution in [2.45, 2.75) is 104 Å². The van der Waals surface area contributed by atoms with Crippen LogP contribution in [-0.2, 0) is 25.1 Å². The molecule has 2 aliphatic heterocycles. The number of aromatic nitrogens is 1. The molecule has 0 N–H and O–H groups in total. The van der Waals surface area contributed by atoms with Gasteiger partial charge in [-0.3, -0.25) is 4.98 Å². The van der Waals surface area contributed by atoms with Crippen LogP contribution >= 0.6 is 0 Å². The van der Waals surface area contributed by atoms with Gasteiger partial charge in [-0.1, -0.05) is 40.7 Å². The number of esters is 1. The number of nitrogens with zero attached hydrogens (tertiary/aromatic N) is 1. The standard InChI is InChI=1S/C30H47NO5Si/c1-9-35-28(32)26-24(20-10-14-33-15-11-20)25-22(31-27(26)21-12-16-34-17-13-21)18-30(5,6)19-23(25)36-37(7,8)29(2,3)4/h10,21,23H,9,11-19H2,1-8H3/t23-/m0/s1. The van der Waals surface area contributed by atoms with Crippen LogP contribution in [0.25, 0.3) is 5.57 Å². The number of fused-ring (bicyclic) bond motifs is 1. The van der Waals surface area contributed by atoms with Crippen molar-refractivity contribution in [2.24, 2.45) is 5.41 Å². The van der Waals surface area contributed by atoms with E-state index in [2.05, 4.69) is 53.8 Å². The highest BCUT2D eigenvalue weighted by Crippen LogP contribution is 2.51. The molecule has 1 aliphatic carbocycles. The Labute approximate surface area is 224 Å². The molecule has 0 unspecified atom stereocenters. The molecule has 37 heavy (non-hydrogen) atoms. The summed E-state index contributed by atoms with van der Waals surface area (Å²) in [7, 11) is -2.11. The van der Waals surface area contributed by atoms with Crippen LogP contribution in [0, 0.1) is 5.41 Å². The zero-order valence-electron chi connectivity index (χ0n) is 24.3. The molecule has 1 atom stereocenters. The molecule has 7 heteroatoms. The number of hydrogen-bond donors (Lipinski definition) is 0. The average Bonchev–Trinajstić information content (AvgIpc) is 2.82. The molecule has 0 amide bonds. The molecule has 1 fully saturated rings. The lowest BCUT2D eigenvalue weighted by molar-refractivity contribution is 0.0515. The van der Waals surface area contributed by atoms with Crippen LogP contribution in [0.15, 0.2) is 6.08 Å². The van der Waals surface area contributed by atoms with E-state index in [1.165, 1.54) is 5.57 Å². The molecule has 1 aromatic heterocycles. The van der Waals surface area contributed by atoms with Crippen LogP contribution < -0.4 is 0 Å². The lowest BCUT2D eigenvalue weighted by Crippen LogP contribution is -2.44. The van der Waals surface area contributed by atoms with Crippen molar-refractivity contribution < 1.29 is 23.4 Å². The number of hydrogen-bond acceptors (Lipinski definition) is 6. The molecular formula is C30H47NO5Si. The molecule has 3 heterocycles. The third kappa shape index (κ3) is 6.05. The predicted octanol–water partition coefficient (Wildman–Crippen LogP) is 6.99. The van der Waals surface area contributed by atoms with Gasteiger partial charge in [-0.05, 0) is 68.1 Å². The molecule has 0 spiro atoms. The van der Waals surface area contributed by atoms with Gasteiger partial charge in [0.25, 0.3) is 0 Å². The summed E-state index contributed by atoms with van der Waals surface area (Å²) in [5, 5.41) is 0.0757. The molecule has 1 saturated heterocycles. The zero-order valence-corrected chi connectivity index (χ0v) is 25.3. The molecule has 0 radical (unpaired) electrons. The summed E-state index contributed by atoms with van der Waals surface area (Å²) < 4.78 is 24.3. The van der Waals surface area contributed by atoms with E-state index in [9.17, 15) is 4.79 Å². The summed E-state index contributed by atoms with van der Waals surface area (Å²) in [6.45, 7) is 20.9. The molecule has 1 aromatic rings. The maximum Gasteiger partial charge on any atom is 0.340 e. The first kappa shape index (κ1) is 28.5. The summed E-state index contributed by atoms with van der Waals surface area (Å²) in [6.07, 6.45) is 6.33. The fourth-order valence-corrected chi connectivity index (χ4v) is 6.94. The van der Waals surface area contributed by atoms with E-state index >= 15 is 0 Å². The van der Waals surface area contributed by atoms with Crippen molar-refractivity contribution in [3.05, 3.63) is 34.2 Å². The van der Waals surface area contributed by atoms with E-state index in [-0.39, 0.29) is 28.4 Å². The molecule has 0 aromatic carbocycles. The number of pyridine rings is 1. The Bertz CT molecular complexity index is 1030. The maximum absolute atomic E-state index is 13.8. The molecule has 4 rings (SSSR count). The molecule has 6 nitrogen and oxygen atoms in total. The van der Waals surface area contributed by atoms with Crippen LogP contribution in [0.1, 0.15) is 112 Å². The first-order valence-corrected chi connectivity index (χ1v) is 17.0. The van der Waals surface area contributed by atoms with Gasteiger partial charge in [0.2, 0.25) is 0 Å². The van der Waals surface area contributed by atoms with Crippen molar-refractivity contribution in [1.82, 2.24) is 4.98 Å². The Kier molecular flexibility index (Phi) is 8.39. The molecule has 0 saturated carbocycles. The van der Waals surface area contributed by atoms with E-state index in [0.717, 1.165) is 54.6 Å². The van der Waals surface area contributed by atoms with E-state index in [0.29, 0.717) is 38.6 Å². The van der Waals surface area contributed by atoms with E-state index in [1.807, 2.05) is 6.92 Å². The highest BCUT2D eigenvalue weighted by Gasteiger charge is 2.45. The second kappa shape index (κ2) is 10.9. The fraction of sp³-hybridized carbons (Fsp3) is 0.733. The summed E-state index contributed by atoms with van der Waals surface area (Å²) in [5.41, 5.74) is 6.01. The second-order valence-corrected chi connectivity index (χ2v) is 17.9. The van der Waals surface area contributed by atoms with Crippen molar-refractivity contribution in [3.8, 4) is 0 Å². The number of carbonyl (C=O) groups excluding carboxylic acids is 1. The Hall–Kier alpha value is -1.54. The van der Waals surface area contributed by atoms with Gasteiger partial charge in [-0.15, -0.1) is 0 Å². The fourth-order valence-electron chi connectivity index (χ4n) is 5.68. The van der Waals surface area contributed by atoms with Gasteiger partial charge in [0, 0.05) is 36.0 Å². The van der Waals surface area contributed by atoms with Crippen LogP contribution in [0.2, 0.25) is 18.1 Å². The lowest BCUT2D eigenvalue weighted by atomic mass is 9.71. The zero-order chi connectivity index (χ0) is 27.0. The van der Waals surface area contributed by atoms with Crippen LogP contribution in [0.4, 0.5) is 0 Å². The number of rotatable bonds is 6. The van der Waals surface area contributed by atoms with Gasteiger partial charge in [0.05, 0.1) is 37.2 Å². The first-order chi connectivity index (χ1) is 17.3. The SMILES string of the molecule is CCOC(=O)c1c(C2CCOCC2)nc2c(c1C1=CCOCC1)[C@@H](O[Si](C)(C)C(C)(C)C)CC(C)(C)C2. The van der Waals surface area contributed by atoms with Crippen molar-refractivity contribution in [3.63, 3.8) is 0 Å². The predicted molar refractivity (Wildman–Crippen MR) is 150 cm³/mol. The van der Waals surface area contributed by atoms with Gasteiger partial charge >= 0.3 is 5.97 Å². The summed E-state index contributed by atoms with van der Waals surface area (Å²) in [6, 6.07) is 0. The molecule has 0 bridgehead atoms. The van der Waals surface area contributed by atoms with Gasteiger partial charge in [-0.25, -0.2) is 4.79 Å². The third-order valence-electron chi connectivity index (χ3n) is 8.66. The number of ether oxygens (including phenoxy) is 3. The first-order valence-electron chi connectivity index (χ1n) is 14.1. The summed E-state index contributed by atoms with van der Waals surface area (Å²) >= 11 is 0. The van der Waals surface area contributed by atoms with Crippen LogP contribution in [0.3, 0.4) is 0 Å². The minimum atomic E-state index is -2.11. The highest BCUT2D eigenvalue weighted by molar-refractivity contribution is 6.74. The topological polar surface area (TPSA) is 66.9 Å². The largest absolute Gasteiger partial charge is 0.462 e. The Morgan fingerprint density at radius 2 is 1.86 bits per heavy atom. The van der Waals surface area contributed by atoms with Gasteiger partial charge in [-0.2, -0.15) is 0 Å². The Balaban J connectivity index is 2.00. The maximum atomic E-state index is 13.8. The van der Waals surface area contributed by atoms with Crippen molar-refractivity contribution in [2.75, 3.05) is 33.0 Å². The average molecular weight is 530 g/mol. The molecular weight excluding hydrogens is 482 g/mol. The monoisotopic (exact) mass is 529 g/mol. The van der Waals surface area contributed by atoms with Gasteiger partial charge < -0.3 is 18.6 Å². The summed E-state index contributed by atoms with van der Waals surface area (Å²) in [4.78, 5) is 19.1. The van der Waals surface area contributed by atoms with E-state index in [1.54, 1.807) is 0 Å². The molecule has 206 valence electrons. The Morgan fingerprint density at radius 3 is 2.46 bits per heavy atom. The number of carbonyl (C=O) groups is 1. The van der Waals surface area contributed by atoms with Crippen LogP contribution in [0.5, 0.6) is 0 Å².